The Morgan fingerprint density at radius 2 is 1.92 bits per heavy atom. The Morgan fingerprint density at radius 1 is 1.12 bits per heavy atom. The summed E-state index contributed by atoms with van der Waals surface area (Å²) in [5.41, 5.74) is 2.74. The van der Waals surface area contributed by atoms with Crippen molar-refractivity contribution in [2.24, 2.45) is 18.9 Å². The summed E-state index contributed by atoms with van der Waals surface area (Å²) in [4.78, 5) is 18.2. The number of fused-ring (bicyclic) bond motifs is 2. The molecule has 25 heavy (non-hydrogen) atoms. The maximum atomic E-state index is 5.36. The summed E-state index contributed by atoms with van der Waals surface area (Å²) >= 11 is 0. The van der Waals surface area contributed by atoms with Crippen molar-refractivity contribution in [2.75, 3.05) is 31.1 Å². The molecule has 2 aliphatic rings. The van der Waals surface area contributed by atoms with Gasteiger partial charge in [0.2, 0.25) is 0 Å². The van der Waals surface area contributed by atoms with Crippen LogP contribution >= 0.6 is 0 Å². The molecule has 8 heteroatoms. The third kappa shape index (κ3) is 2.48. The molecule has 0 bridgehead atoms. The zero-order valence-corrected chi connectivity index (χ0v) is 14.5. The molecule has 3 aromatic heterocycles. The van der Waals surface area contributed by atoms with Crippen molar-refractivity contribution < 1.29 is 4.52 Å². The fourth-order valence-corrected chi connectivity index (χ4v) is 4.27. The summed E-state index contributed by atoms with van der Waals surface area (Å²) in [6, 6.07) is 2.03. The molecule has 5 heterocycles. The first-order valence-corrected chi connectivity index (χ1v) is 8.69. The highest BCUT2D eigenvalue weighted by atomic mass is 16.5. The van der Waals surface area contributed by atoms with Gasteiger partial charge in [0.25, 0.3) is 0 Å². The molecule has 0 aromatic carbocycles. The van der Waals surface area contributed by atoms with Gasteiger partial charge in [-0.1, -0.05) is 5.16 Å². The van der Waals surface area contributed by atoms with Gasteiger partial charge in [-0.3, -0.25) is 4.90 Å². The van der Waals surface area contributed by atoms with Crippen molar-refractivity contribution in [1.29, 1.82) is 0 Å². The summed E-state index contributed by atoms with van der Waals surface area (Å²) in [6.45, 7) is 7.06. The quantitative estimate of drug-likeness (QED) is 0.710. The van der Waals surface area contributed by atoms with Crippen molar-refractivity contribution in [2.45, 2.75) is 13.5 Å². The molecule has 0 N–H and O–H groups in total. The van der Waals surface area contributed by atoms with E-state index in [-0.39, 0.29) is 0 Å². The highest BCUT2D eigenvalue weighted by molar-refractivity contribution is 5.83. The summed E-state index contributed by atoms with van der Waals surface area (Å²) in [5, 5.41) is 3.98. The van der Waals surface area contributed by atoms with Crippen molar-refractivity contribution >= 4 is 17.0 Å². The minimum atomic E-state index is 0.665. The first kappa shape index (κ1) is 14.8. The Hall–Kier alpha value is -2.48. The van der Waals surface area contributed by atoms with E-state index in [2.05, 4.69) is 29.9 Å². The first-order chi connectivity index (χ1) is 12.2. The van der Waals surface area contributed by atoms with Crippen molar-refractivity contribution in [3.05, 3.63) is 30.2 Å². The minimum absolute atomic E-state index is 0.665. The molecule has 0 radical (unpaired) electrons. The normalized spacial score (nSPS) is 23.7. The lowest BCUT2D eigenvalue weighted by atomic mass is 10.0. The zero-order chi connectivity index (χ0) is 17.0. The minimum Gasteiger partial charge on any atom is -0.360 e. The summed E-state index contributed by atoms with van der Waals surface area (Å²) < 4.78 is 7.30. The van der Waals surface area contributed by atoms with Crippen LogP contribution in [-0.2, 0) is 13.6 Å². The van der Waals surface area contributed by atoms with E-state index < -0.39 is 0 Å². The molecule has 5 rings (SSSR count). The van der Waals surface area contributed by atoms with Crippen LogP contribution in [0.4, 0.5) is 5.82 Å². The second-order valence-corrected chi connectivity index (χ2v) is 7.28. The van der Waals surface area contributed by atoms with E-state index >= 15 is 0 Å². The topological polar surface area (TPSA) is 76.1 Å². The summed E-state index contributed by atoms with van der Waals surface area (Å²) in [5.74, 6) is 3.26. The number of hydrogen-bond donors (Lipinski definition) is 0. The van der Waals surface area contributed by atoms with Gasteiger partial charge in [0, 0.05) is 39.3 Å². The average Bonchev–Trinajstić information content (AvgIpc) is 3.33. The highest BCUT2D eigenvalue weighted by Crippen LogP contribution is 2.35. The Balaban J connectivity index is 1.30. The molecule has 2 saturated heterocycles. The Morgan fingerprint density at radius 3 is 2.64 bits per heavy atom. The van der Waals surface area contributed by atoms with E-state index in [1.165, 1.54) is 0 Å². The predicted octanol–water partition coefficient (Wildman–Crippen LogP) is 1.23. The lowest BCUT2D eigenvalue weighted by Gasteiger charge is -2.21. The van der Waals surface area contributed by atoms with Gasteiger partial charge in [0.1, 0.15) is 6.33 Å². The van der Waals surface area contributed by atoms with Gasteiger partial charge < -0.3 is 14.0 Å². The van der Waals surface area contributed by atoms with E-state index in [1.54, 1.807) is 12.7 Å². The van der Waals surface area contributed by atoms with E-state index in [9.17, 15) is 0 Å². The van der Waals surface area contributed by atoms with Gasteiger partial charge in [-0.2, -0.15) is 0 Å². The van der Waals surface area contributed by atoms with Gasteiger partial charge in [-0.15, -0.1) is 0 Å². The van der Waals surface area contributed by atoms with E-state index in [4.69, 9.17) is 4.52 Å². The number of rotatable bonds is 3. The number of aromatic nitrogens is 5. The molecule has 2 fully saturated rings. The van der Waals surface area contributed by atoms with E-state index in [0.717, 1.165) is 61.2 Å². The third-order valence-corrected chi connectivity index (χ3v) is 5.40. The number of imidazole rings is 1. The summed E-state index contributed by atoms with van der Waals surface area (Å²) in [6.07, 6.45) is 3.45. The largest absolute Gasteiger partial charge is 0.360 e. The molecule has 3 aromatic rings. The van der Waals surface area contributed by atoms with Gasteiger partial charge >= 0.3 is 0 Å². The maximum Gasteiger partial charge on any atom is 0.165 e. The molecular weight excluding hydrogens is 318 g/mol. The van der Waals surface area contributed by atoms with E-state index in [1.807, 2.05) is 24.6 Å². The first-order valence-electron chi connectivity index (χ1n) is 8.69. The molecule has 8 nitrogen and oxygen atoms in total. The molecule has 130 valence electrons. The predicted molar refractivity (Wildman–Crippen MR) is 92.0 cm³/mol. The van der Waals surface area contributed by atoms with Crippen LogP contribution in [0.25, 0.3) is 11.2 Å². The Kier molecular flexibility index (Phi) is 3.27. The lowest BCUT2D eigenvalue weighted by Crippen LogP contribution is -2.29. The molecular formula is C17H21N7O. The van der Waals surface area contributed by atoms with Crippen LogP contribution < -0.4 is 4.90 Å². The van der Waals surface area contributed by atoms with Crippen LogP contribution in [0.2, 0.25) is 0 Å². The number of anilines is 1. The van der Waals surface area contributed by atoms with Crippen molar-refractivity contribution in [3.8, 4) is 0 Å². The smallest absolute Gasteiger partial charge is 0.165 e. The van der Waals surface area contributed by atoms with E-state index in [0.29, 0.717) is 11.8 Å². The van der Waals surface area contributed by atoms with Crippen LogP contribution in [0.1, 0.15) is 11.5 Å². The monoisotopic (exact) mass is 339 g/mol. The Labute approximate surface area is 145 Å². The van der Waals surface area contributed by atoms with Crippen molar-refractivity contribution in [1.82, 2.24) is 29.6 Å². The standard InChI is InChI=1S/C17H21N7O/c1-11-3-14(25-21-11)8-23-4-12-6-24(7-13(12)5-23)17-15-16(18-9-19-17)22(2)10-20-15/h3,9-10,12-13H,4-8H2,1-2H3. The Bertz CT molecular complexity index is 903. The van der Waals surface area contributed by atoms with Crippen LogP contribution in [0.5, 0.6) is 0 Å². The van der Waals surface area contributed by atoms with Crippen LogP contribution in [0, 0.1) is 18.8 Å². The molecule has 0 spiro atoms. The number of aryl methyl sites for hydroxylation is 2. The molecule has 0 saturated carbocycles. The molecule has 0 amide bonds. The second kappa shape index (κ2) is 5.52. The SMILES string of the molecule is Cc1cc(CN2CC3CN(c4ncnc5c4ncn5C)CC3C2)on1. The van der Waals surface area contributed by atoms with Crippen LogP contribution in [-0.4, -0.2) is 55.8 Å². The molecule has 2 aliphatic heterocycles. The summed E-state index contributed by atoms with van der Waals surface area (Å²) in [7, 11) is 1.97. The number of likely N-dealkylation sites (tertiary alicyclic amines) is 1. The van der Waals surface area contributed by atoms with Gasteiger partial charge in [0.05, 0.1) is 18.6 Å². The molecule has 2 atom stereocenters. The molecule has 2 unspecified atom stereocenters. The number of nitrogens with zero attached hydrogens (tertiary/aromatic N) is 7. The second-order valence-electron chi connectivity index (χ2n) is 7.28. The highest BCUT2D eigenvalue weighted by Gasteiger charge is 2.41. The van der Waals surface area contributed by atoms with Gasteiger partial charge in [0.15, 0.2) is 22.7 Å². The fraction of sp³-hybridized carbons (Fsp3) is 0.529. The van der Waals surface area contributed by atoms with Crippen molar-refractivity contribution in [3.63, 3.8) is 0 Å². The number of hydrogen-bond acceptors (Lipinski definition) is 7. The third-order valence-electron chi connectivity index (χ3n) is 5.40. The van der Waals surface area contributed by atoms with Crippen LogP contribution in [0.3, 0.4) is 0 Å². The lowest BCUT2D eigenvalue weighted by molar-refractivity contribution is 0.260. The van der Waals surface area contributed by atoms with Crippen LogP contribution in [0.15, 0.2) is 23.2 Å². The molecule has 0 aliphatic carbocycles. The van der Waals surface area contributed by atoms with Gasteiger partial charge in [-0.05, 0) is 18.8 Å². The van der Waals surface area contributed by atoms with Gasteiger partial charge in [-0.25, -0.2) is 15.0 Å². The fourth-order valence-electron chi connectivity index (χ4n) is 4.27. The maximum absolute atomic E-state index is 5.36. The zero-order valence-electron chi connectivity index (χ0n) is 14.5. The average molecular weight is 339 g/mol.